The Morgan fingerprint density at radius 3 is 2.64 bits per heavy atom. The fraction of sp³-hybridized carbons (Fsp3) is 0.500. The van der Waals surface area contributed by atoms with E-state index in [9.17, 15) is 14.7 Å². The third kappa shape index (κ3) is 3.09. The van der Waals surface area contributed by atoms with Gasteiger partial charge in [0, 0.05) is 37.0 Å². The monoisotopic (exact) mass is 342 g/mol. The van der Waals surface area contributed by atoms with Gasteiger partial charge in [-0.3, -0.25) is 9.59 Å². The Morgan fingerprint density at radius 1 is 1.28 bits per heavy atom. The van der Waals surface area contributed by atoms with Gasteiger partial charge in [-0.1, -0.05) is 18.2 Å². The molecule has 3 rings (SSSR count). The zero-order valence-corrected chi connectivity index (χ0v) is 15.4. The van der Waals surface area contributed by atoms with Crippen LogP contribution in [0.4, 0.5) is 0 Å². The van der Waals surface area contributed by atoms with Gasteiger partial charge in [-0.2, -0.15) is 0 Å². The van der Waals surface area contributed by atoms with Crippen LogP contribution in [0.25, 0.3) is 10.9 Å². The number of piperidine rings is 1. The summed E-state index contributed by atoms with van der Waals surface area (Å²) in [5, 5.41) is 11.1. The lowest BCUT2D eigenvalue weighted by atomic mass is 9.84. The predicted molar refractivity (Wildman–Crippen MR) is 98.9 cm³/mol. The van der Waals surface area contributed by atoms with Crippen LogP contribution in [0.2, 0.25) is 0 Å². The number of fused-ring (bicyclic) bond motifs is 1. The van der Waals surface area contributed by atoms with Crippen LogP contribution >= 0.6 is 0 Å². The van der Waals surface area contributed by atoms with Crippen molar-refractivity contribution in [3.05, 3.63) is 45.7 Å². The second-order valence-corrected chi connectivity index (χ2v) is 7.63. The molecular formula is C20H26N2O3. The first kappa shape index (κ1) is 17.7. The lowest BCUT2D eigenvalue weighted by molar-refractivity contribution is -0.0146. The maximum Gasteiger partial charge on any atom is 0.255 e. The largest absolute Gasteiger partial charge is 0.390 e. The normalized spacial score (nSPS) is 18.6. The van der Waals surface area contributed by atoms with Gasteiger partial charge in [0.05, 0.1) is 16.7 Å². The number of aliphatic hydroxyl groups is 1. The summed E-state index contributed by atoms with van der Waals surface area (Å²) in [4.78, 5) is 27.6. The Kier molecular flexibility index (Phi) is 4.45. The highest BCUT2D eigenvalue weighted by molar-refractivity contribution is 6.07. The summed E-state index contributed by atoms with van der Waals surface area (Å²) >= 11 is 0. The number of para-hydroxylation sites is 1. The lowest BCUT2D eigenvalue weighted by Crippen LogP contribution is -2.47. The molecule has 1 amide bonds. The van der Waals surface area contributed by atoms with Crippen molar-refractivity contribution in [3.63, 3.8) is 0 Å². The van der Waals surface area contributed by atoms with Crippen molar-refractivity contribution in [1.29, 1.82) is 0 Å². The van der Waals surface area contributed by atoms with Crippen LogP contribution in [-0.2, 0) is 7.05 Å². The van der Waals surface area contributed by atoms with Crippen molar-refractivity contribution in [2.24, 2.45) is 13.0 Å². The van der Waals surface area contributed by atoms with E-state index in [-0.39, 0.29) is 17.4 Å². The molecule has 2 aromatic rings. The van der Waals surface area contributed by atoms with Crippen LogP contribution in [0.1, 0.15) is 42.6 Å². The number of benzene rings is 1. The molecule has 0 saturated carbocycles. The SMILES string of the molecule is Cc1c(C(=O)N2CCCC(C(C)(C)O)C2)c2ccccc2n(C)c1=O. The minimum absolute atomic E-state index is 0.0447. The van der Waals surface area contributed by atoms with Gasteiger partial charge in [0.1, 0.15) is 0 Å². The van der Waals surface area contributed by atoms with Crippen LogP contribution in [0.15, 0.2) is 29.1 Å². The van der Waals surface area contributed by atoms with Gasteiger partial charge in [0.15, 0.2) is 0 Å². The third-order valence-corrected chi connectivity index (χ3v) is 5.46. The van der Waals surface area contributed by atoms with Crippen LogP contribution in [0.5, 0.6) is 0 Å². The zero-order valence-electron chi connectivity index (χ0n) is 15.4. The molecule has 1 fully saturated rings. The number of hydrogen-bond donors (Lipinski definition) is 1. The number of nitrogens with zero attached hydrogens (tertiary/aromatic N) is 2. The summed E-state index contributed by atoms with van der Waals surface area (Å²) in [5.74, 6) is -0.0661. The zero-order chi connectivity index (χ0) is 18.4. The van der Waals surface area contributed by atoms with Crippen LogP contribution in [0.3, 0.4) is 0 Å². The molecule has 0 spiro atoms. The van der Waals surface area contributed by atoms with Gasteiger partial charge in [-0.15, -0.1) is 0 Å². The maximum atomic E-state index is 13.3. The van der Waals surface area contributed by atoms with Crippen molar-refractivity contribution in [3.8, 4) is 0 Å². The number of aryl methyl sites for hydroxylation is 1. The average Bonchev–Trinajstić information content (AvgIpc) is 2.59. The molecule has 134 valence electrons. The molecule has 1 aliphatic heterocycles. The number of carbonyl (C=O) groups excluding carboxylic acids is 1. The molecule has 0 bridgehead atoms. The van der Waals surface area contributed by atoms with E-state index in [0.717, 1.165) is 23.7 Å². The van der Waals surface area contributed by atoms with Crippen LogP contribution in [0, 0.1) is 12.8 Å². The Bertz CT molecular complexity index is 877. The van der Waals surface area contributed by atoms with E-state index in [0.29, 0.717) is 24.2 Å². The van der Waals surface area contributed by atoms with Crippen molar-refractivity contribution in [2.45, 2.75) is 39.2 Å². The standard InChI is InChI=1S/C20H26N2O3/c1-13-17(15-9-5-6-10-16(15)21(4)18(13)23)19(24)22-11-7-8-14(12-22)20(2,3)25/h5-6,9-10,14,25H,7-8,11-12H2,1-4H3. The molecule has 1 aromatic heterocycles. The first-order chi connectivity index (χ1) is 11.7. The summed E-state index contributed by atoms with van der Waals surface area (Å²) in [6.07, 6.45) is 1.77. The Balaban J connectivity index is 2.07. The maximum absolute atomic E-state index is 13.3. The van der Waals surface area contributed by atoms with Gasteiger partial charge in [-0.25, -0.2) is 0 Å². The number of rotatable bonds is 2. The van der Waals surface area contributed by atoms with Gasteiger partial charge in [-0.05, 0) is 39.7 Å². The van der Waals surface area contributed by atoms with E-state index in [2.05, 4.69) is 0 Å². The van der Waals surface area contributed by atoms with Crippen molar-refractivity contribution in [2.75, 3.05) is 13.1 Å². The molecule has 2 heterocycles. The molecule has 1 aromatic carbocycles. The fourth-order valence-corrected chi connectivity index (χ4v) is 3.82. The molecule has 1 saturated heterocycles. The highest BCUT2D eigenvalue weighted by atomic mass is 16.3. The quantitative estimate of drug-likeness (QED) is 0.912. The first-order valence-electron chi connectivity index (χ1n) is 8.81. The molecule has 25 heavy (non-hydrogen) atoms. The predicted octanol–water partition coefficient (Wildman–Crippen LogP) is 2.47. The van der Waals surface area contributed by atoms with E-state index in [4.69, 9.17) is 0 Å². The fourth-order valence-electron chi connectivity index (χ4n) is 3.82. The molecule has 5 heteroatoms. The van der Waals surface area contributed by atoms with Crippen LogP contribution < -0.4 is 5.56 Å². The molecule has 1 N–H and O–H groups in total. The minimum atomic E-state index is -0.817. The summed E-state index contributed by atoms with van der Waals surface area (Å²) in [6.45, 7) is 6.49. The Hall–Kier alpha value is -2.14. The topological polar surface area (TPSA) is 62.5 Å². The molecule has 1 unspecified atom stereocenters. The number of pyridine rings is 1. The van der Waals surface area contributed by atoms with Gasteiger partial charge < -0.3 is 14.6 Å². The van der Waals surface area contributed by atoms with Gasteiger partial charge in [0.2, 0.25) is 0 Å². The van der Waals surface area contributed by atoms with E-state index < -0.39 is 5.60 Å². The summed E-state index contributed by atoms with van der Waals surface area (Å²) in [6, 6.07) is 7.52. The number of hydrogen-bond acceptors (Lipinski definition) is 3. The van der Waals surface area contributed by atoms with Crippen molar-refractivity contribution >= 4 is 16.8 Å². The van der Waals surface area contributed by atoms with Crippen LogP contribution in [-0.4, -0.2) is 39.2 Å². The van der Waals surface area contributed by atoms with E-state index in [1.165, 1.54) is 0 Å². The van der Waals surface area contributed by atoms with E-state index >= 15 is 0 Å². The molecule has 0 aliphatic carbocycles. The average molecular weight is 342 g/mol. The molecule has 1 aliphatic rings. The molecule has 0 radical (unpaired) electrons. The molecule has 5 nitrogen and oxygen atoms in total. The minimum Gasteiger partial charge on any atom is -0.390 e. The highest BCUT2D eigenvalue weighted by Gasteiger charge is 2.34. The van der Waals surface area contributed by atoms with Crippen molar-refractivity contribution in [1.82, 2.24) is 9.47 Å². The highest BCUT2D eigenvalue weighted by Crippen LogP contribution is 2.29. The molecule has 1 atom stereocenters. The number of amides is 1. The summed E-state index contributed by atoms with van der Waals surface area (Å²) in [7, 11) is 1.73. The summed E-state index contributed by atoms with van der Waals surface area (Å²) < 4.78 is 1.59. The lowest BCUT2D eigenvalue weighted by Gasteiger charge is -2.39. The Morgan fingerprint density at radius 2 is 1.96 bits per heavy atom. The summed E-state index contributed by atoms with van der Waals surface area (Å²) in [5.41, 5.74) is 0.783. The number of carbonyl (C=O) groups is 1. The second kappa shape index (κ2) is 6.30. The van der Waals surface area contributed by atoms with E-state index in [1.807, 2.05) is 24.3 Å². The first-order valence-corrected chi connectivity index (χ1v) is 8.81. The molecular weight excluding hydrogens is 316 g/mol. The van der Waals surface area contributed by atoms with Crippen molar-refractivity contribution < 1.29 is 9.90 Å². The number of likely N-dealkylation sites (tertiary alicyclic amines) is 1. The van der Waals surface area contributed by atoms with E-state index in [1.54, 1.807) is 37.3 Å². The smallest absolute Gasteiger partial charge is 0.255 e. The van der Waals surface area contributed by atoms with Gasteiger partial charge >= 0.3 is 0 Å². The third-order valence-electron chi connectivity index (χ3n) is 5.46. The van der Waals surface area contributed by atoms with Gasteiger partial charge in [0.25, 0.3) is 11.5 Å². The number of aromatic nitrogens is 1. The second-order valence-electron chi connectivity index (χ2n) is 7.63. The Labute approximate surface area is 147 Å².